The minimum absolute atomic E-state index is 0.0430. The molecule has 0 spiro atoms. The predicted octanol–water partition coefficient (Wildman–Crippen LogP) is 5.07. The molecule has 4 rings (SSSR count). The molecule has 34 heavy (non-hydrogen) atoms. The summed E-state index contributed by atoms with van der Waals surface area (Å²) in [6, 6.07) is 18.2. The lowest BCUT2D eigenvalue weighted by Gasteiger charge is -2.19. The number of fused-ring (bicyclic) bond motifs is 1. The lowest BCUT2D eigenvalue weighted by molar-refractivity contribution is -0.136. The number of carbonyl (C=O) groups is 1. The molecule has 1 aliphatic heterocycles. The van der Waals surface area contributed by atoms with Crippen molar-refractivity contribution < 1.29 is 23.4 Å². The molecule has 0 aromatic heterocycles. The zero-order valence-corrected chi connectivity index (χ0v) is 19.9. The van der Waals surface area contributed by atoms with E-state index in [-0.39, 0.29) is 35.4 Å². The number of benzene rings is 3. The number of phenolic OH excluding ortho intramolecular Hbond substituents is 1. The smallest absolute Gasteiger partial charge is 0.303 e. The Bertz CT molecular complexity index is 1330. The van der Waals surface area contributed by atoms with Crippen molar-refractivity contribution in [3.05, 3.63) is 83.9 Å². The number of hydrogen-bond donors (Lipinski definition) is 2. The zero-order valence-electron chi connectivity index (χ0n) is 19.1. The Morgan fingerprint density at radius 2 is 1.82 bits per heavy atom. The van der Waals surface area contributed by atoms with Crippen LogP contribution in [0, 0.1) is 12.8 Å². The fraction of sp³-hybridized carbons (Fsp3) is 0.296. The van der Waals surface area contributed by atoms with Crippen LogP contribution in [0.4, 0.5) is 0 Å². The fourth-order valence-corrected chi connectivity index (χ4v) is 6.48. The highest BCUT2D eigenvalue weighted by atomic mass is 32.2. The number of sulfonamides is 1. The van der Waals surface area contributed by atoms with Crippen LogP contribution in [0.1, 0.15) is 36.3 Å². The Balaban J connectivity index is 1.66. The molecule has 2 atom stereocenters. The molecule has 1 heterocycles. The lowest BCUT2D eigenvalue weighted by atomic mass is 9.85. The average molecular weight is 480 g/mol. The quantitative estimate of drug-likeness (QED) is 0.440. The van der Waals surface area contributed by atoms with Gasteiger partial charge in [0.15, 0.2) is 0 Å². The highest BCUT2D eigenvalue weighted by molar-refractivity contribution is 7.89. The third-order valence-electron chi connectivity index (χ3n) is 6.49. The number of rotatable bonds is 8. The summed E-state index contributed by atoms with van der Waals surface area (Å²) in [6.07, 6.45) is 4.86. The van der Waals surface area contributed by atoms with Gasteiger partial charge in [-0.15, -0.1) is 0 Å². The number of nitrogens with zero attached hydrogens (tertiary/aromatic N) is 1. The Labute approximate surface area is 200 Å². The summed E-state index contributed by atoms with van der Waals surface area (Å²) in [6.45, 7) is 2.55. The second-order valence-electron chi connectivity index (χ2n) is 8.87. The number of aromatic hydroxyl groups is 1. The highest BCUT2D eigenvalue weighted by Crippen LogP contribution is 2.41. The van der Waals surface area contributed by atoms with Crippen molar-refractivity contribution in [2.45, 2.75) is 37.0 Å². The SMILES string of the molecule is Cc1ccc(O)c(C2CN(S(=O)(=O)c3cccc4ccccc34)CC2C/C=C\CCC(=O)O)c1. The molecule has 0 amide bonds. The van der Waals surface area contributed by atoms with E-state index in [0.29, 0.717) is 24.8 Å². The van der Waals surface area contributed by atoms with Gasteiger partial charge >= 0.3 is 5.97 Å². The van der Waals surface area contributed by atoms with Gasteiger partial charge in [-0.2, -0.15) is 4.31 Å². The van der Waals surface area contributed by atoms with Crippen LogP contribution in [-0.4, -0.2) is 42.0 Å². The molecule has 1 fully saturated rings. The Hall–Kier alpha value is -3.16. The number of allylic oxidation sites excluding steroid dienone is 2. The van der Waals surface area contributed by atoms with E-state index in [0.717, 1.165) is 16.5 Å². The van der Waals surface area contributed by atoms with E-state index < -0.39 is 16.0 Å². The highest BCUT2D eigenvalue weighted by Gasteiger charge is 2.40. The third kappa shape index (κ3) is 5.00. The van der Waals surface area contributed by atoms with Crippen molar-refractivity contribution in [2.75, 3.05) is 13.1 Å². The van der Waals surface area contributed by atoms with Crippen LogP contribution >= 0.6 is 0 Å². The van der Waals surface area contributed by atoms with Crippen molar-refractivity contribution in [1.82, 2.24) is 4.31 Å². The molecule has 0 aliphatic carbocycles. The number of phenols is 1. The van der Waals surface area contributed by atoms with E-state index in [4.69, 9.17) is 5.11 Å². The maximum Gasteiger partial charge on any atom is 0.303 e. The lowest BCUT2D eigenvalue weighted by Crippen LogP contribution is -2.29. The summed E-state index contributed by atoms with van der Waals surface area (Å²) in [7, 11) is -3.76. The van der Waals surface area contributed by atoms with Gasteiger partial charge in [0.2, 0.25) is 10.0 Å². The molecule has 6 nitrogen and oxygen atoms in total. The number of aryl methyl sites for hydroxylation is 1. The predicted molar refractivity (Wildman–Crippen MR) is 132 cm³/mol. The van der Waals surface area contributed by atoms with Crippen LogP contribution in [0.5, 0.6) is 5.75 Å². The molecule has 7 heteroatoms. The Morgan fingerprint density at radius 3 is 2.62 bits per heavy atom. The summed E-state index contributed by atoms with van der Waals surface area (Å²) in [5.41, 5.74) is 1.75. The van der Waals surface area contributed by atoms with Gasteiger partial charge in [0.1, 0.15) is 5.75 Å². The molecular weight excluding hydrogens is 450 g/mol. The summed E-state index contributed by atoms with van der Waals surface area (Å²) in [5, 5.41) is 21.0. The summed E-state index contributed by atoms with van der Waals surface area (Å²) in [5.74, 6) is -0.896. The van der Waals surface area contributed by atoms with E-state index in [1.807, 2.05) is 61.5 Å². The molecule has 2 unspecified atom stereocenters. The van der Waals surface area contributed by atoms with Crippen molar-refractivity contribution in [1.29, 1.82) is 0 Å². The fourth-order valence-electron chi connectivity index (χ4n) is 4.75. The molecule has 0 bridgehead atoms. The normalized spacial score (nSPS) is 19.2. The van der Waals surface area contributed by atoms with Crippen LogP contribution in [0.3, 0.4) is 0 Å². The standard InChI is InChI=1S/C27H29NO5S/c1-19-14-15-25(29)23(16-19)24-18-28(17-21(24)9-3-2-4-13-27(30)31)34(32,33)26-12-7-10-20-8-5-6-11-22(20)26/h2-3,5-8,10-12,14-16,21,24,29H,4,9,13,17-18H2,1H3,(H,30,31)/b3-2-. The van der Waals surface area contributed by atoms with Crippen molar-refractivity contribution >= 4 is 26.8 Å². The summed E-state index contributed by atoms with van der Waals surface area (Å²) < 4.78 is 29.0. The van der Waals surface area contributed by atoms with Gasteiger partial charge in [-0.3, -0.25) is 4.79 Å². The molecule has 178 valence electrons. The topological polar surface area (TPSA) is 94.9 Å². The maximum atomic E-state index is 13.8. The molecule has 1 aliphatic rings. The maximum absolute atomic E-state index is 13.8. The van der Waals surface area contributed by atoms with E-state index in [9.17, 15) is 18.3 Å². The number of carboxylic acid groups (broad SMARTS) is 1. The van der Waals surface area contributed by atoms with Gasteiger partial charge in [-0.1, -0.05) is 66.2 Å². The first-order valence-electron chi connectivity index (χ1n) is 11.4. The molecule has 1 saturated heterocycles. The van der Waals surface area contributed by atoms with Gasteiger partial charge in [0, 0.05) is 30.8 Å². The summed E-state index contributed by atoms with van der Waals surface area (Å²) in [4.78, 5) is 11.1. The van der Waals surface area contributed by atoms with Gasteiger partial charge in [0.25, 0.3) is 0 Å². The molecule has 0 saturated carbocycles. The molecule has 3 aromatic carbocycles. The minimum atomic E-state index is -3.76. The minimum Gasteiger partial charge on any atom is -0.508 e. The zero-order chi connectivity index (χ0) is 24.3. The number of carboxylic acids is 1. The van der Waals surface area contributed by atoms with E-state index >= 15 is 0 Å². The molecular formula is C27H29NO5S. The van der Waals surface area contributed by atoms with Crippen molar-refractivity contribution in [2.24, 2.45) is 5.92 Å². The second kappa shape index (κ2) is 9.99. The monoisotopic (exact) mass is 479 g/mol. The number of aliphatic carboxylic acids is 1. The second-order valence-corrected chi connectivity index (χ2v) is 10.8. The third-order valence-corrected chi connectivity index (χ3v) is 8.38. The Kier molecular flexibility index (Phi) is 7.05. The van der Waals surface area contributed by atoms with Crippen molar-refractivity contribution in [3.63, 3.8) is 0 Å². The van der Waals surface area contributed by atoms with Gasteiger partial charge in [-0.05, 0) is 48.8 Å². The number of hydrogen-bond acceptors (Lipinski definition) is 4. The van der Waals surface area contributed by atoms with Gasteiger partial charge in [-0.25, -0.2) is 8.42 Å². The van der Waals surface area contributed by atoms with Crippen LogP contribution in [-0.2, 0) is 14.8 Å². The van der Waals surface area contributed by atoms with Crippen molar-refractivity contribution in [3.8, 4) is 5.75 Å². The van der Waals surface area contributed by atoms with Gasteiger partial charge in [0.05, 0.1) is 4.90 Å². The molecule has 0 radical (unpaired) electrons. The molecule has 2 N–H and O–H groups in total. The van der Waals surface area contributed by atoms with Crippen LogP contribution in [0.25, 0.3) is 10.8 Å². The molecule has 3 aromatic rings. The average Bonchev–Trinajstić information content (AvgIpc) is 3.24. The van der Waals surface area contributed by atoms with E-state index in [2.05, 4.69) is 0 Å². The first-order valence-corrected chi connectivity index (χ1v) is 12.9. The largest absolute Gasteiger partial charge is 0.508 e. The van der Waals surface area contributed by atoms with Crippen LogP contribution in [0.15, 0.2) is 77.7 Å². The van der Waals surface area contributed by atoms with Crippen LogP contribution < -0.4 is 0 Å². The van der Waals surface area contributed by atoms with E-state index in [1.54, 1.807) is 18.2 Å². The van der Waals surface area contributed by atoms with E-state index in [1.165, 1.54) is 4.31 Å². The van der Waals surface area contributed by atoms with Crippen LogP contribution in [0.2, 0.25) is 0 Å². The Morgan fingerprint density at radius 1 is 1.06 bits per heavy atom. The summed E-state index contributed by atoms with van der Waals surface area (Å²) >= 11 is 0. The first-order chi connectivity index (χ1) is 16.3. The first kappa shape index (κ1) is 24.0. The van der Waals surface area contributed by atoms with Gasteiger partial charge < -0.3 is 10.2 Å².